The van der Waals surface area contributed by atoms with Crippen LogP contribution in [-0.2, 0) is 9.59 Å². The van der Waals surface area contributed by atoms with Gasteiger partial charge in [0.05, 0.1) is 5.37 Å². The van der Waals surface area contributed by atoms with Gasteiger partial charge in [0.2, 0.25) is 5.91 Å². The molecule has 1 aliphatic rings. The first-order valence-electron chi connectivity index (χ1n) is 7.63. The SMILES string of the molecule is CC(C)CC(CN)CC(=O)N1C(C(=O)O)CSC1C(C)C. The quantitative estimate of drug-likeness (QED) is 0.750. The van der Waals surface area contributed by atoms with E-state index in [1.54, 1.807) is 16.7 Å². The molecule has 0 bridgehead atoms. The minimum atomic E-state index is -0.910. The van der Waals surface area contributed by atoms with Gasteiger partial charge in [-0.3, -0.25) is 4.79 Å². The highest BCUT2D eigenvalue weighted by atomic mass is 32.2. The Morgan fingerprint density at radius 3 is 2.38 bits per heavy atom. The number of hydrogen-bond donors (Lipinski definition) is 2. The number of nitrogens with two attached hydrogens (primary N) is 1. The molecule has 1 amide bonds. The maximum atomic E-state index is 12.6. The first-order chi connectivity index (χ1) is 9.77. The third kappa shape index (κ3) is 4.88. The number of hydrogen-bond acceptors (Lipinski definition) is 4. The number of carboxylic acids is 1. The van der Waals surface area contributed by atoms with Crippen molar-refractivity contribution < 1.29 is 14.7 Å². The van der Waals surface area contributed by atoms with Crippen LogP contribution < -0.4 is 5.73 Å². The van der Waals surface area contributed by atoms with Crippen molar-refractivity contribution in [1.29, 1.82) is 0 Å². The number of nitrogens with zero attached hydrogens (tertiary/aromatic N) is 1. The van der Waals surface area contributed by atoms with E-state index in [0.717, 1.165) is 6.42 Å². The number of carbonyl (C=O) groups excluding carboxylic acids is 1. The van der Waals surface area contributed by atoms with E-state index >= 15 is 0 Å². The minimum absolute atomic E-state index is 0.0453. The molecule has 122 valence electrons. The van der Waals surface area contributed by atoms with Gasteiger partial charge in [0.15, 0.2) is 0 Å². The zero-order chi connectivity index (χ0) is 16.2. The molecule has 21 heavy (non-hydrogen) atoms. The van der Waals surface area contributed by atoms with Crippen LogP contribution >= 0.6 is 11.8 Å². The second-order valence-corrected chi connectivity index (χ2v) is 7.71. The molecule has 3 N–H and O–H groups in total. The van der Waals surface area contributed by atoms with Crippen molar-refractivity contribution in [2.45, 2.75) is 52.0 Å². The molecule has 1 fully saturated rings. The van der Waals surface area contributed by atoms with Crippen molar-refractivity contribution in [3.05, 3.63) is 0 Å². The maximum absolute atomic E-state index is 12.6. The summed E-state index contributed by atoms with van der Waals surface area (Å²) in [5.41, 5.74) is 5.76. The summed E-state index contributed by atoms with van der Waals surface area (Å²) in [6.07, 6.45) is 1.25. The Morgan fingerprint density at radius 1 is 1.33 bits per heavy atom. The maximum Gasteiger partial charge on any atom is 0.327 e. The largest absolute Gasteiger partial charge is 0.480 e. The molecule has 0 aliphatic carbocycles. The molecule has 0 saturated carbocycles. The molecule has 1 aliphatic heterocycles. The molecule has 6 heteroatoms. The van der Waals surface area contributed by atoms with E-state index in [4.69, 9.17) is 5.73 Å². The highest BCUT2D eigenvalue weighted by molar-refractivity contribution is 8.00. The van der Waals surface area contributed by atoms with E-state index in [1.165, 1.54) is 0 Å². The third-order valence-electron chi connectivity index (χ3n) is 3.78. The Hall–Kier alpha value is -0.750. The Balaban J connectivity index is 2.81. The summed E-state index contributed by atoms with van der Waals surface area (Å²) in [6.45, 7) is 8.73. The average molecular weight is 316 g/mol. The highest BCUT2D eigenvalue weighted by Gasteiger charge is 2.42. The van der Waals surface area contributed by atoms with Crippen LogP contribution in [0.15, 0.2) is 0 Å². The number of carbonyl (C=O) groups is 2. The van der Waals surface area contributed by atoms with Crippen LogP contribution in [0.4, 0.5) is 0 Å². The van der Waals surface area contributed by atoms with Gasteiger partial charge in [0, 0.05) is 12.2 Å². The van der Waals surface area contributed by atoms with Gasteiger partial charge in [0.25, 0.3) is 0 Å². The van der Waals surface area contributed by atoms with Crippen LogP contribution in [-0.4, -0.2) is 45.6 Å². The molecule has 0 radical (unpaired) electrons. The first-order valence-corrected chi connectivity index (χ1v) is 8.68. The summed E-state index contributed by atoms with van der Waals surface area (Å²) < 4.78 is 0. The van der Waals surface area contributed by atoms with E-state index in [9.17, 15) is 14.7 Å². The third-order valence-corrected chi connectivity index (χ3v) is 5.40. The van der Waals surface area contributed by atoms with E-state index in [2.05, 4.69) is 13.8 Å². The van der Waals surface area contributed by atoms with E-state index < -0.39 is 12.0 Å². The lowest BCUT2D eigenvalue weighted by Gasteiger charge is -2.31. The van der Waals surface area contributed by atoms with Crippen LogP contribution in [0.5, 0.6) is 0 Å². The van der Waals surface area contributed by atoms with Crippen LogP contribution in [0.3, 0.4) is 0 Å². The van der Waals surface area contributed by atoms with Gasteiger partial charge >= 0.3 is 5.97 Å². The van der Waals surface area contributed by atoms with Crippen molar-refractivity contribution >= 4 is 23.6 Å². The normalized spacial score (nSPS) is 23.9. The molecular formula is C15H28N2O3S. The molecule has 0 aromatic heterocycles. The van der Waals surface area contributed by atoms with E-state index in [1.807, 2.05) is 13.8 Å². The summed E-state index contributed by atoms with van der Waals surface area (Å²) in [6, 6.07) is -0.702. The Bertz CT molecular complexity index is 374. The van der Waals surface area contributed by atoms with Crippen molar-refractivity contribution in [1.82, 2.24) is 4.90 Å². The molecule has 5 nitrogen and oxygen atoms in total. The van der Waals surface area contributed by atoms with E-state index in [-0.39, 0.29) is 23.1 Å². The van der Waals surface area contributed by atoms with Crippen LogP contribution in [0.2, 0.25) is 0 Å². The zero-order valence-electron chi connectivity index (χ0n) is 13.4. The van der Waals surface area contributed by atoms with Crippen molar-refractivity contribution in [3.8, 4) is 0 Å². The van der Waals surface area contributed by atoms with Crippen molar-refractivity contribution in [2.75, 3.05) is 12.3 Å². The number of thioether (sulfide) groups is 1. The number of carboxylic acid groups (broad SMARTS) is 1. The molecule has 3 unspecified atom stereocenters. The van der Waals surface area contributed by atoms with Crippen molar-refractivity contribution in [2.24, 2.45) is 23.5 Å². The molecule has 0 aromatic rings. The molecule has 0 spiro atoms. The predicted octanol–water partition coefficient (Wildman–Crippen LogP) is 2.01. The molecule has 0 aromatic carbocycles. The summed E-state index contributed by atoms with van der Waals surface area (Å²) in [5, 5.41) is 9.29. The summed E-state index contributed by atoms with van der Waals surface area (Å²) in [5.74, 6) is 0.349. The van der Waals surface area contributed by atoms with Gasteiger partial charge in [-0.1, -0.05) is 27.7 Å². The predicted molar refractivity (Wildman–Crippen MR) is 86.0 cm³/mol. The fraction of sp³-hybridized carbons (Fsp3) is 0.867. The average Bonchev–Trinajstić information content (AvgIpc) is 2.82. The summed E-state index contributed by atoms with van der Waals surface area (Å²) in [7, 11) is 0. The lowest BCUT2D eigenvalue weighted by Crippen LogP contribution is -2.47. The number of aliphatic carboxylic acids is 1. The standard InChI is InChI=1S/C15H28N2O3S/c1-9(2)5-11(7-16)6-13(18)17-12(15(19)20)8-21-14(17)10(3)4/h9-12,14H,5-8,16H2,1-4H3,(H,19,20). The zero-order valence-corrected chi connectivity index (χ0v) is 14.2. The van der Waals surface area contributed by atoms with Crippen LogP contribution in [0.25, 0.3) is 0 Å². The topological polar surface area (TPSA) is 83.6 Å². The van der Waals surface area contributed by atoms with Gasteiger partial charge < -0.3 is 15.7 Å². The highest BCUT2D eigenvalue weighted by Crippen LogP contribution is 2.35. The fourth-order valence-corrected chi connectivity index (χ4v) is 4.32. The molecule has 1 rings (SSSR count). The van der Waals surface area contributed by atoms with Crippen LogP contribution in [0.1, 0.15) is 40.5 Å². The lowest BCUT2D eigenvalue weighted by atomic mass is 9.93. The monoisotopic (exact) mass is 316 g/mol. The molecular weight excluding hydrogens is 288 g/mol. The van der Waals surface area contributed by atoms with Gasteiger partial charge in [-0.2, -0.15) is 0 Å². The van der Waals surface area contributed by atoms with Crippen molar-refractivity contribution in [3.63, 3.8) is 0 Å². The summed E-state index contributed by atoms with van der Waals surface area (Å²) >= 11 is 1.56. The van der Waals surface area contributed by atoms with Crippen LogP contribution in [0, 0.1) is 17.8 Å². The molecule has 1 heterocycles. The van der Waals surface area contributed by atoms with Gasteiger partial charge in [-0.15, -0.1) is 11.8 Å². The number of amides is 1. The lowest BCUT2D eigenvalue weighted by molar-refractivity contribution is -0.150. The molecule has 1 saturated heterocycles. The minimum Gasteiger partial charge on any atom is -0.480 e. The summed E-state index contributed by atoms with van der Waals surface area (Å²) in [4.78, 5) is 25.6. The number of rotatable bonds is 7. The van der Waals surface area contributed by atoms with Gasteiger partial charge in [0.1, 0.15) is 6.04 Å². The second-order valence-electron chi connectivity index (χ2n) is 6.56. The van der Waals surface area contributed by atoms with Gasteiger partial charge in [-0.25, -0.2) is 4.79 Å². The Morgan fingerprint density at radius 2 is 1.95 bits per heavy atom. The second kappa shape index (κ2) is 8.03. The first kappa shape index (κ1) is 18.3. The van der Waals surface area contributed by atoms with E-state index in [0.29, 0.717) is 24.6 Å². The fourth-order valence-electron chi connectivity index (χ4n) is 2.83. The Kier molecular flexibility index (Phi) is 7.00. The molecule has 3 atom stereocenters. The smallest absolute Gasteiger partial charge is 0.327 e. The van der Waals surface area contributed by atoms with Gasteiger partial charge in [-0.05, 0) is 30.7 Å². The Labute approximate surface area is 131 Å².